The molecule has 2 aliphatic carbocycles. The van der Waals surface area contributed by atoms with Crippen LogP contribution in [0.25, 0.3) is 0 Å². The predicted molar refractivity (Wildman–Crippen MR) is 46.7 cm³/mol. The fourth-order valence-corrected chi connectivity index (χ4v) is 2.54. The van der Waals surface area contributed by atoms with E-state index < -0.39 is 0 Å². The highest BCUT2D eigenvalue weighted by Gasteiger charge is 2.46. The largest absolute Gasteiger partial charge is 0.396 e. The number of rotatable bonds is 3. The average molecular weight is 170 g/mol. The lowest BCUT2D eigenvalue weighted by atomic mass is 9.79. The Labute approximate surface area is 73.6 Å². The summed E-state index contributed by atoms with van der Waals surface area (Å²) < 4.78 is 0. The van der Waals surface area contributed by atoms with Crippen molar-refractivity contribution >= 4 is 0 Å². The van der Waals surface area contributed by atoms with Crippen molar-refractivity contribution in [2.24, 2.45) is 11.3 Å². The van der Waals surface area contributed by atoms with Gasteiger partial charge >= 0.3 is 0 Å². The summed E-state index contributed by atoms with van der Waals surface area (Å²) in [5, 5.41) is 19.3. The topological polar surface area (TPSA) is 40.5 Å². The van der Waals surface area contributed by atoms with Gasteiger partial charge in [0.25, 0.3) is 0 Å². The van der Waals surface area contributed by atoms with Crippen LogP contribution < -0.4 is 0 Å². The zero-order valence-corrected chi connectivity index (χ0v) is 7.50. The lowest BCUT2D eigenvalue weighted by Gasteiger charge is -2.32. The summed E-state index contributed by atoms with van der Waals surface area (Å²) in [5.74, 6) is 0.509. The van der Waals surface area contributed by atoms with Crippen molar-refractivity contribution in [1.29, 1.82) is 0 Å². The van der Waals surface area contributed by atoms with Crippen LogP contribution in [0.5, 0.6) is 0 Å². The fourth-order valence-electron chi connectivity index (χ4n) is 2.54. The molecular weight excluding hydrogens is 152 g/mol. The van der Waals surface area contributed by atoms with Gasteiger partial charge in [-0.05, 0) is 31.6 Å². The van der Waals surface area contributed by atoms with Crippen LogP contribution in [-0.4, -0.2) is 22.9 Å². The number of hydrogen-bond donors (Lipinski definition) is 2. The van der Waals surface area contributed by atoms with Crippen LogP contribution in [0.4, 0.5) is 0 Å². The van der Waals surface area contributed by atoms with Gasteiger partial charge < -0.3 is 10.2 Å². The van der Waals surface area contributed by atoms with Gasteiger partial charge in [0.15, 0.2) is 0 Å². The first-order chi connectivity index (χ1) is 5.78. The number of aliphatic hydroxyl groups is 2. The van der Waals surface area contributed by atoms with E-state index in [0.717, 1.165) is 12.8 Å². The Morgan fingerprint density at radius 2 is 1.83 bits per heavy atom. The minimum absolute atomic E-state index is 0.110. The molecule has 2 N–H and O–H groups in total. The molecular formula is C10H18O2. The Bertz CT molecular complexity index is 157. The molecule has 12 heavy (non-hydrogen) atoms. The van der Waals surface area contributed by atoms with Crippen molar-refractivity contribution in [1.82, 2.24) is 0 Å². The molecule has 2 heteroatoms. The molecule has 0 saturated heterocycles. The number of hydrogen-bond acceptors (Lipinski definition) is 2. The Balaban J connectivity index is 2.03. The molecule has 2 aliphatic rings. The van der Waals surface area contributed by atoms with E-state index in [1.165, 1.54) is 25.7 Å². The molecule has 0 aromatic rings. The predicted octanol–water partition coefficient (Wildman–Crippen LogP) is 1.31. The Kier molecular flexibility index (Phi) is 2.13. The van der Waals surface area contributed by atoms with Gasteiger partial charge in [-0.25, -0.2) is 0 Å². The third kappa shape index (κ3) is 1.27. The molecule has 0 radical (unpaired) electrons. The Morgan fingerprint density at radius 1 is 1.25 bits per heavy atom. The Morgan fingerprint density at radius 3 is 2.25 bits per heavy atom. The van der Waals surface area contributed by atoms with E-state index in [0.29, 0.717) is 5.92 Å². The standard InChI is InChI=1S/C10H18O2/c11-7-10(5-1-2-6-10)9(12)8-3-4-8/h8-9,11-12H,1-7H2. The monoisotopic (exact) mass is 170 g/mol. The fraction of sp³-hybridized carbons (Fsp3) is 1.00. The first-order valence-corrected chi connectivity index (χ1v) is 5.07. The summed E-state index contributed by atoms with van der Waals surface area (Å²) in [6.07, 6.45) is 6.55. The van der Waals surface area contributed by atoms with Gasteiger partial charge in [0, 0.05) is 5.41 Å². The van der Waals surface area contributed by atoms with Crippen LogP contribution in [0.2, 0.25) is 0 Å². The summed E-state index contributed by atoms with van der Waals surface area (Å²) in [7, 11) is 0. The second-order valence-electron chi connectivity index (χ2n) is 4.51. The van der Waals surface area contributed by atoms with Crippen molar-refractivity contribution in [2.75, 3.05) is 6.61 Å². The van der Waals surface area contributed by atoms with Crippen molar-refractivity contribution < 1.29 is 10.2 Å². The maximum absolute atomic E-state index is 9.98. The minimum atomic E-state index is -0.218. The normalized spacial score (nSPS) is 30.5. The van der Waals surface area contributed by atoms with Crippen LogP contribution >= 0.6 is 0 Å². The van der Waals surface area contributed by atoms with Gasteiger partial charge in [0.1, 0.15) is 0 Å². The highest BCUT2D eigenvalue weighted by molar-refractivity contribution is 4.97. The van der Waals surface area contributed by atoms with Gasteiger partial charge in [-0.15, -0.1) is 0 Å². The zero-order chi connectivity index (χ0) is 8.60. The van der Waals surface area contributed by atoms with E-state index in [4.69, 9.17) is 0 Å². The summed E-state index contributed by atoms with van der Waals surface area (Å²) in [5.41, 5.74) is -0.110. The second-order valence-corrected chi connectivity index (χ2v) is 4.51. The molecule has 0 heterocycles. The van der Waals surface area contributed by atoms with Crippen LogP contribution in [0.3, 0.4) is 0 Å². The smallest absolute Gasteiger partial charge is 0.0646 e. The van der Waals surface area contributed by atoms with E-state index in [9.17, 15) is 10.2 Å². The number of aliphatic hydroxyl groups excluding tert-OH is 2. The molecule has 2 nitrogen and oxygen atoms in total. The molecule has 2 rings (SSSR count). The molecule has 0 amide bonds. The van der Waals surface area contributed by atoms with Gasteiger partial charge in [-0.3, -0.25) is 0 Å². The second kappa shape index (κ2) is 3.00. The van der Waals surface area contributed by atoms with E-state index >= 15 is 0 Å². The van der Waals surface area contributed by atoms with E-state index in [1.807, 2.05) is 0 Å². The highest BCUT2D eigenvalue weighted by Crippen LogP contribution is 2.48. The summed E-state index contributed by atoms with van der Waals surface area (Å²) in [6, 6.07) is 0. The molecule has 0 bridgehead atoms. The first-order valence-electron chi connectivity index (χ1n) is 5.07. The van der Waals surface area contributed by atoms with Crippen LogP contribution in [0.1, 0.15) is 38.5 Å². The summed E-state index contributed by atoms with van der Waals surface area (Å²) in [4.78, 5) is 0. The molecule has 2 fully saturated rings. The van der Waals surface area contributed by atoms with Gasteiger partial charge in [0.2, 0.25) is 0 Å². The summed E-state index contributed by atoms with van der Waals surface area (Å²) in [6.45, 7) is 0.185. The Hall–Kier alpha value is -0.0800. The molecule has 2 saturated carbocycles. The van der Waals surface area contributed by atoms with Gasteiger partial charge in [0.05, 0.1) is 12.7 Å². The van der Waals surface area contributed by atoms with Crippen molar-refractivity contribution in [3.8, 4) is 0 Å². The molecule has 1 atom stereocenters. The summed E-state index contributed by atoms with van der Waals surface area (Å²) >= 11 is 0. The maximum atomic E-state index is 9.98. The van der Waals surface area contributed by atoms with Crippen LogP contribution in [-0.2, 0) is 0 Å². The van der Waals surface area contributed by atoms with Crippen LogP contribution in [0.15, 0.2) is 0 Å². The van der Waals surface area contributed by atoms with E-state index in [2.05, 4.69) is 0 Å². The molecule has 70 valence electrons. The molecule has 1 unspecified atom stereocenters. The minimum Gasteiger partial charge on any atom is -0.396 e. The van der Waals surface area contributed by atoms with Crippen molar-refractivity contribution in [2.45, 2.75) is 44.6 Å². The third-order valence-corrected chi connectivity index (χ3v) is 3.61. The van der Waals surface area contributed by atoms with E-state index in [1.54, 1.807) is 0 Å². The molecule has 0 spiro atoms. The third-order valence-electron chi connectivity index (χ3n) is 3.61. The molecule has 0 aromatic carbocycles. The van der Waals surface area contributed by atoms with Crippen molar-refractivity contribution in [3.05, 3.63) is 0 Å². The zero-order valence-electron chi connectivity index (χ0n) is 7.50. The van der Waals surface area contributed by atoms with Crippen LogP contribution in [0, 0.1) is 11.3 Å². The van der Waals surface area contributed by atoms with Gasteiger partial charge in [-0.2, -0.15) is 0 Å². The maximum Gasteiger partial charge on any atom is 0.0646 e. The first kappa shape index (κ1) is 8.52. The lowest BCUT2D eigenvalue weighted by Crippen LogP contribution is -2.37. The lowest BCUT2D eigenvalue weighted by molar-refractivity contribution is -0.0263. The average Bonchev–Trinajstić information content (AvgIpc) is 2.83. The van der Waals surface area contributed by atoms with Crippen molar-refractivity contribution in [3.63, 3.8) is 0 Å². The SMILES string of the molecule is OCC1(C(O)C2CC2)CCCC1. The quantitative estimate of drug-likeness (QED) is 0.670. The van der Waals surface area contributed by atoms with Gasteiger partial charge in [-0.1, -0.05) is 12.8 Å². The highest BCUT2D eigenvalue weighted by atomic mass is 16.3. The molecule has 0 aromatic heterocycles. The molecule has 0 aliphatic heterocycles. The van der Waals surface area contributed by atoms with E-state index in [-0.39, 0.29) is 18.1 Å².